The molecule has 0 bridgehead atoms. The van der Waals surface area contributed by atoms with Gasteiger partial charge in [0.1, 0.15) is 5.84 Å². The van der Waals surface area contributed by atoms with Gasteiger partial charge in [0.2, 0.25) is 0 Å². The highest BCUT2D eigenvalue weighted by atomic mass is 35.5. The second kappa shape index (κ2) is 9.72. The summed E-state index contributed by atoms with van der Waals surface area (Å²) in [6.07, 6.45) is 10.1. The van der Waals surface area contributed by atoms with Crippen LogP contribution in [0.5, 0.6) is 0 Å². The average molecular weight is 267 g/mol. The van der Waals surface area contributed by atoms with Gasteiger partial charge in [-0.15, -0.1) is 0 Å². The zero-order valence-electron chi connectivity index (χ0n) is 11.5. The van der Waals surface area contributed by atoms with Crippen molar-refractivity contribution in [2.75, 3.05) is 0 Å². The molecule has 0 atom stereocenters. The van der Waals surface area contributed by atoms with Crippen LogP contribution in [0.3, 0.4) is 0 Å². The van der Waals surface area contributed by atoms with Crippen molar-refractivity contribution in [2.24, 2.45) is 10.7 Å². The van der Waals surface area contributed by atoms with Crippen molar-refractivity contribution in [1.29, 1.82) is 0 Å². The third kappa shape index (κ3) is 5.87. The van der Waals surface area contributed by atoms with E-state index in [0.717, 1.165) is 24.8 Å². The summed E-state index contributed by atoms with van der Waals surface area (Å²) in [5.41, 5.74) is 8.01. The van der Waals surface area contributed by atoms with Crippen LogP contribution in [0.1, 0.15) is 40.0 Å². The quantitative estimate of drug-likeness (QED) is 0.405. The standard InChI is InChI=1S/C15H23ClN2/c1-5-8-10-12(4)14(13(16)7-3)15(17)18-11-9-6-2/h6-7,9,11H,2,5,8,10H2,1,3-4H3,(H2,17,18)/b11-9-,13-7+,14-12+. The molecule has 0 aromatic carbocycles. The van der Waals surface area contributed by atoms with Gasteiger partial charge in [0.25, 0.3) is 0 Å². The molecule has 2 nitrogen and oxygen atoms in total. The Hall–Kier alpha value is -1.28. The molecule has 0 aliphatic carbocycles. The first-order chi connectivity index (χ1) is 8.58. The van der Waals surface area contributed by atoms with Crippen LogP contribution in [-0.2, 0) is 0 Å². The molecule has 0 amide bonds. The highest BCUT2D eigenvalue weighted by Gasteiger charge is 2.10. The van der Waals surface area contributed by atoms with E-state index in [0.29, 0.717) is 10.9 Å². The molecule has 0 saturated heterocycles. The van der Waals surface area contributed by atoms with Crippen molar-refractivity contribution in [3.8, 4) is 0 Å². The SMILES string of the molecule is C=C\C=C/N=C(N)/C(=C(\C)CCCC)C(/Cl)=C\C. The van der Waals surface area contributed by atoms with E-state index >= 15 is 0 Å². The molecule has 2 N–H and O–H groups in total. The molecule has 0 spiro atoms. The fourth-order valence-electron chi connectivity index (χ4n) is 1.50. The van der Waals surface area contributed by atoms with Crippen molar-refractivity contribution in [3.63, 3.8) is 0 Å². The number of allylic oxidation sites excluding steroid dienone is 4. The average Bonchev–Trinajstić information content (AvgIpc) is 2.36. The van der Waals surface area contributed by atoms with Gasteiger partial charge in [0, 0.05) is 16.8 Å². The van der Waals surface area contributed by atoms with E-state index in [4.69, 9.17) is 17.3 Å². The maximum Gasteiger partial charge on any atom is 0.132 e. The van der Waals surface area contributed by atoms with Crippen molar-refractivity contribution in [3.05, 3.63) is 47.2 Å². The Morgan fingerprint density at radius 3 is 2.61 bits per heavy atom. The Morgan fingerprint density at radius 2 is 2.11 bits per heavy atom. The minimum absolute atomic E-state index is 0.449. The zero-order chi connectivity index (χ0) is 14.0. The number of hydrogen-bond donors (Lipinski definition) is 1. The Balaban J connectivity index is 5.29. The summed E-state index contributed by atoms with van der Waals surface area (Å²) in [4.78, 5) is 4.17. The van der Waals surface area contributed by atoms with E-state index in [1.165, 1.54) is 5.57 Å². The van der Waals surface area contributed by atoms with Crippen LogP contribution in [0, 0.1) is 0 Å². The highest BCUT2D eigenvalue weighted by Crippen LogP contribution is 2.22. The van der Waals surface area contributed by atoms with Crippen molar-refractivity contribution in [2.45, 2.75) is 40.0 Å². The van der Waals surface area contributed by atoms with Crippen molar-refractivity contribution < 1.29 is 0 Å². The highest BCUT2D eigenvalue weighted by molar-refractivity contribution is 6.35. The number of nitrogens with two attached hydrogens (primary N) is 1. The van der Waals surface area contributed by atoms with E-state index in [1.54, 1.807) is 18.4 Å². The second-order valence-electron chi connectivity index (χ2n) is 3.99. The van der Waals surface area contributed by atoms with Gasteiger partial charge >= 0.3 is 0 Å². The number of halogens is 1. The molecule has 100 valence electrons. The number of rotatable bonds is 7. The first-order valence-corrected chi connectivity index (χ1v) is 6.59. The molecule has 3 heteroatoms. The first-order valence-electron chi connectivity index (χ1n) is 6.21. The number of hydrogen-bond acceptors (Lipinski definition) is 1. The molecule has 18 heavy (non-hydrogen) atoms. The largest absolute Gasteiger partial charge is 0.383 e. The van der Waals surface area contributed by atoms with E-state index < -0.39 is 0 Å². The smallest absolute Gasteiger partial charge is 0.132 e. The molecule has 0 aliphatic rings. The van der Waals surface area contributed by atoms with Crippen molar-refractivity contribution >= 4 is 17.4 Å². The van der Waals surface area contributed by atoms with Gasteiger partial charge in [-0.3, -0.25) is 0 Å². The van der Waals surface area contributed by atoms with Gasteiger partial charge in [-0.2, -0.15) is 0 Å². The van der Waals surface area contributed by atoms with E-state index in [1.807, 2.05) is 13.0 Å². The van der Waals surface area contributed by atoms with E-state index in [9.17, 15) is 0 Å². The maximum absolute atomic E-state index is 6.21. The summed E-state index contributed by atoms with van der Waals surface area (Å²) in [6.45, 7) is 9.69. The van der Waals surface area contributed by atoms with Crippen LogP contribution in [0.25, 0.3) is 0 Å². The Labute approximate surface area is 116 Å². The molecule has 0 aromatic heterocycles. The minimum Gasteiger partial charge on any atom is -0.383 e. The van der Waals surface area contributed by atoms with E-state index in [-0.39, 0.29) is 0 Å². The monoisotopic (exact) mass is 266 g/mol. The fourth-order valence-corrected chi connectivity index (χ4v) is 1.76. The predicted molar refractivity (Wildman–Crippen MR) is 82.8 cm³/mol. The van der Waals surface area contributed by atoms with Crippen LogP contribution >= 0.6 is 11.6 Å². The summed E-state index contributed by atoms with van der Waals surface area (Å²) in [6, 6.07) is 0. The summed E-state index contributed by atoms with van der Waals surface area (Å²) in [7, 11) is 0. The lowest BCUT2D eigenvalue weighted by atomic mass is 10.0. The van der Waals surface area contributed by atoms with E-state index in [2.05, 4.69) is 25.4 Å². The number of nitrogens with zero attached hydrogens (tertiary/aromatic N) is 1. The lowest BCUT2D eigenvalue weighted by Crippen LogP contribution is -2.16. The van der Waals surface area contributed by atoms with Crippen LogP contribution in [-0.4, -0.2) is 5.84 Å². The molecule has 0 aromatic rings. The second-order valence-corrected chi connectivity index (χ2v) is 4.39. The summed E-state index contributed by atoms with van der Waals surface area (Å²) in [5, 5.41) is 0.650. The molecule has 0 saturated carbocycles. The molecule has 0 heterocycles. The van der Waals surface area contributed by atoms with Crippen LogP contribution < -0.4 is 5.73 Å². The lowest BCUT2D eigenvalue weighted by Gasteiger charge is -2.10. The van der Waals surface area contributed by atoms with Gasteiger partial charge in [0.05, 0.1) is 0 Å². The summed E-state index contributed by atoms with van der Waals surface area (Å²) >= 11 is 6.21. The third-order valence-corrected chi connectivity index (χ3v) is 2.92. The van der Waals surface area contributed by atoms with Gasteiger partial charge in [-0.25, -0.2) is 4.99 Å². The van der Waals surface area contributed by atoms with Crippen LogP contribution in [0.4, 0.5) is 0 Å². The van der Waals surface area contributed by atoms with Crippen molar-refractivity contribution in [1.82, 2.24) is 0 Å². The van der Waals surface area contributed by atoms with Crippen LogP contribution in [0.15, 0.2) is 52.2 Å². The molecular formula is C15H23ClN2. The van der Waals surface area contributed by atoms with Crippen LogP contribution in [0.2, 0.25) is 0 Å². The Morgan fingerprint density at radius 1 is 1.44 bits per heavy atom. The molecule has 0 aliphatic heterocycles. The zero-order valence-corrected chi connectivity index (χ0v) is 12.3. The minimum atomic E-state index is 0.449. The molecule has 0 radical (unpaired) electrons. The summed E-state index contributed by atoms with van der Waals surface area (Å²) < 4.78 is 0. The molecule has 0 fully saturated rings. The third-order valence-electron chi connectivity index (χ3n) is 2.52. The first kappa shape index (κ1) is 16.7. The Bertz CT molecular complexity index is 387. The maximum atomic E-state index is 6.21. The van der Waals surface area contributed by atoms with Gasteiger partial charge in [-0.1, -0.05) is 49.2 Å². The molecule has 0 unspecified atom stereocenters. The fraction of sp³-hybridized carbons (Fsp3) is 0.400. The number of amidine groups is 1. The normalized spacial score (nSPS) is 14.9. The number of aliphatic imine (C=N–C) groups is 1. The molecule has 0 rings (SSSR count). The van der Waals surface area contributed by atoms with Gasteiger partial charge in [-0.05, 0) is 32.8 Å². The topological polar surface area (TPSA) is 38.4 Å². The lowest BCUT2D eigenvalue weighted by molar-refractivity contribution is 0.785. The van der Waals surface area contributed by atoms with Gasteiger partial charge < -0.3 is 5.73 Å². The molecular weight excluding hydrogens is 244 g/mol. The predicted octanol–water partition coefficient (Wildman–Crippen LogP) is 4.69. The Kier molecular flexibility index (Phi) is 9.03. The summed E-state index contributed by atoms with van der Waals surface area (Å²) in [5.74, 6) is 0.449. The number of unbranched alkanes of at least 4 members (excludes halogenated alkanes) is 1. The van der Waals surface area contributed by atoms with Gasteiger partial charge in [0.15, 0.2) is 0 Å².